The van der Waals surface area contributed by atoms with E-state index >= 15 is 0 Å². The van der Waals surface area contributed by atoms with Gasteiger partial charge < -0.3 is 24.8 Å². The molecule has 2 aliphatic carbocycles. The molecule has 7 rings (SSSR count). The summed E-state index contributed by atoms with van der Waals surface area (Å²) >= 11 is -2.87. The summed E-state index contributed by atoms with van der Waals surface area (Å²) < 4.78 is 4.44. The first-order chi connectivity index (χ1) is 22.7. The molecular weight excluding hydrogens is 715 g/mol. The van der Waals surface area contributed by atoms with Crippen molar-refractivity contribution in [2.24, 2.45) is 0 Å². The molecule has 1 fully saturated rings. The van der Waals surface area contributed by atoms with Crippen LogP contribution < -0.4 is 24.8 Å². The SMILES string of the molecule is CCCCC1=Cc2c(-c3c(C)cccc3C)ccc(C)c2[CH]1[Zr+2]1([CH]2C(CCCC)=Cc3c(-c4c(C)cccc4C)ccc(C)c32)[CH2][CH2]1.[Cl-].[Cl-]. The molecular formula is C46H54Cl2Zr. The van der Waals surface area contributed by atoms with Gasteiger partial charge in [-0.2, -0.15) is 0 Å². The molecule has 1 aliphatic heterocycles. The van der Waals surface area contributed by atoms with Gasteiger partial charge in [0.15, 0.2) is 0 Å². The molecule has 4 aromatic carbocycles. The van der Waals surface area contributed by atoms with E-state index in [-0.39, 0.29) is 24.8 Å². The molecule has 1 saturated heterocycles. The van der Waals surface area contributed by atoms with Crippen LogP contribution in [0, 0.1) is 41.5 Å². The monoisotopic (exact) mass is 766 g/mol. The minimum Gasteiger partial charge on any atom is -1.00 e. The summed E-state index contributed by atoms with van der Waals surface area (Å²) in [6, 6.07) is 23.5. The molecule has 4 aromatic rings. The van der Waals surface area contributed by atoms with Crippen LogP contribution in [0.15, 0.2) is 71.8 Å². The van der Waals surface area contributed by atoms with E-state index in [1.54, 1.807) is 33.4 Å². The predicted molar refractivity (Wildman–Crippen MR) is 202 cm³/mol. The zero-order valence-corrected chi connectivity index (χ0v) is 35.0. The van der Waals surface area contributed by atoms with E-state index in [0.717, 1.165) is 0 Å². The molecule has 2 atom stereocenters. The molecule has 0 spiro atoms. The van der Waals surface area contributed by atoms with Crippen LogP contribution in [-0.4, -0.2) is 0 Å². The van der Waals surface area contributed by atoms with Crippen LogP contribution in [-0.2, 0) is 20.3 Å². The number of hydrogen-bond acceptors (Lipinski definition) is 0. The summed E-state index contributed by atoms with van der Waals surface area (Å²) in [5.74, 6) is 0. The van der Waals surface area contributed by atoms with Crippen LogP contribution in [0.1, 0.15) is 115 Å². The van der Waals surface area contributed by atoms with Gasteiger partial charge in [-0.1, -0.05) is 0 Å². The van der Waals surface area contributed by atoms with Gasteiger partial charge in [0.2, 0.25) is 0 Å². The molecule has 49 heavy (non-hydrogen) atoms. The Morgan fingerprint density at radius 1 is 0.510 bits per heavy atom. The van der Waals surface area contributed by atoms with Crippen LogP contribution in [0.4, 0.5) is 0 Å². The van der Waals surface area contributed by atoms with E-state index in [9.17, 15) is 0 Å². The Kier molecular flexibility index (Phi) is 11.8. The first-order valence-corrected chi connectivity index (χ1v) is 24.8. The minimum absolute atomic E-state index is 0. The van der Waals surface area contributed by atoms with E-state index < -0.39 is 20.3 Å². The fourth-order valence-electron chi connectivity index (χ4n) is 9.79. The van der Waals surface area contributed by atoms with Crippen molar-refractivity contribution >= 4 is 12.2 Å². The van der Waals surface area contributed by atoms with Crippen molar-refractivity contribution in [3.05, 3.63) is 127 Å². The second kappa shape index (κ2) is 15.2. The summed E-state index contributed by atoms with van der Waals surface area (Å²) in [6.07, 6.45) is 13.1. The average Bonchev–Trinajstić information content (AvgIpc) is 3.57. The van der Waals surface area contributed by atoms with Crippen LogP contribution in [0.25, 0.3) is 34.4 Å². The fourth-order valence-corrected chi connectivity index (χ4v) is 27.8. The number of unbranched alkanes of at least 4 members (excludes halogenated alkanes) is 2. The van der Waals surface area contributed by atoms with Crippen molar-refractivity contribution < 1.29 is 45.1 Å². The number of hydrogen-bond donors (Lipinski definition) is 0. The first kappa shape index (κ1) is 38.1. The third kappa shape index (κ3) is 6.45. The standard InChI is InChI=1S/2C22H25.C2H4.2ClH.Zr/c2*1-5-6-10-18-13-20-15(2)11-12-19(21(20)14-18)22-16(3)8-7-9-17(22)4;1-2;;;/h2*7-9,11-14H,5-6,10H2,1-4H3;1-2H2;2*1H;/q;;;;;+2/p-2. The molecule has 0 amide bonds. The van der Waals surface area contributed by atoms with E-state index in [2.05, 4.69) is 128 Å². The van der Waals surface area contributed by atoms with Gasteiger partial charge in [-0.05, 0) is 0 Å². The quantitative estimate of drug-likeness (QED) is 0.154. The smallest absolute Gasteiger partial charge is 1.00 e. The van der Waals surface area contributed by atoms with E-state index in [1.807, 2.05) is 0 Å². The Bertz CT molecular complexity index is 1760. The van der Waals surface area contributed by atoms with Gasteiger partial charge in [0.05, 0.1) is 0 Å². The summed E-state index contributed by atoms with van der Waals surface area (Å²) in [6.45, 7) is 18.8. The Balaban J connectivity index is 0.00000234. The normalized spacial score (nSPS) is 17.6. The van der Waals surface area contributed by atoms with E-state index in [1.165, 1.54) is 102 Å². The second-order valence-electron chi connectivity index (χ2n) is 15.3. The summed E-state index contributed by atoms with van der Waals surface area (Å²) in [5.41, 5.74) is 24.7. The summed E-state index contributed by atoms with van der Waals surface area (Å²) in [4.78, 5) is 0. The predicted octanol–water partition coefficient (Wildman–Crippen LogP) is 7.84. The van der Waals surface area contributed by atoms with Crippen LogP contribution in [0.5, 0.6) is 0 Å². The van der Waals surface area contributed by atoms with Crippen LogP contribution in [0.2, 0.25) is 8.26 Å². The maximum absolute atomic E-state index is 2.87. The summed E-state index contributed by atoms with van der Waals surface area (Å²) in [5, 5.41) is 0. The zero-order valence-electron chi connectivity index (χ0n) is 31.0. The van der Waals surface area contributed by atoms with Gasteiger partial charge in [0.1, 0.15) is 0 Å². The van der Waals surface area contributed by atoms with Gasteiger partial charge >= 0.3 is 292 Å². The van der Waals surface area contributed by atoms with Gasteiger partial charge in [-0.15, -0.1) is 0 Å². The van der Waals surface area contributed by atoms with Crippen molar-refractivity contribution in [2.45, 2.75) is 109 Å². The van der Waals surface area contributed by atoms with Gasteiger partial charge in [-0.3, -0.25) is 0 Å². The molecule has 0 saturated carbocycles. The number of allylic oxidation sites excluding steroid dienone is 2. The van der Waals surface area contributed by atoms with Crippen molar-refractivity contribution in [3.8, 4) is 22.3 Å². The van der Waals surface area contributed by atoms with Gasteiger partial charge in [-0.25, -0.2) is 0 Å². The maximum Gasteiger partial charge on any atom is -1.00 e. The summed E-state index contributed by atoms with van der Waals surface area (Å²) in [7, 11) is 0. The molecule has 0 aromatic heterocycles. The van der Waals surface area contributed by atoms with E-state index in [4.69, 9.17) is 0 Å². The van der Waals surface area contributed by atoms with Crippen molar-refractivity contribution in [3.63, 3.8) is 0 Å². The Hall–Kier alpha value is -2.18. The molecule has 2 unspecified atom stereocenters. The van der Waals surface area contributed by atoms with Gasteiger partial charge in [0.25, 0.3) is 0 Å². The number of benzene rings is 4. The molecule has 1 heterocycles. The topological polar surface area (TPSA) is 0 Å². The Morgan fingerprint density at radius 2 is 0.878 bits per heavy atom. The minimum atomic E-state index is -2.87. The average molecular weight is 769 g/mol. The zero-order chi connectivity index (χ0) is 33.0. The maximum atomic E-state index is 2.73. The third-order valence-electron chi connectivity index (χ3n) is 12.1. The number of fused-ring (bicyclic) bond motifs is 2. The van der Waals surface area contributed by atoms with Crippen molar-refractivity contribution in [2.75, 3.05) is 0 Å². The molecule has 0 nitrogen and oxygen atoms in total. The molecule has 256 valence electrons. The van der Waals surface area contributed by atoms with Crippen molar-refractivity contribution in [1.29, 1.82) is 0 Å². The molecule has 3 heteroatoms. The molecule has 0 bridgehead atoms. The van der Waals surface area contributed by atoms with Crippen LogP contribution in [0.3, 0.4) is 0 Å². The molecule has 0 radical (unpaired) electrons. The molecule has 3 aliphatic rings. The fraction of sp³-hybridized carbons (Fsp3) is 0.391. The number of halogens is 2. The van der Waals surface area contributed by atoms with Crippen LogP contribution >= 0.6 is 0 Å². The largest absolute Gasteiger partial charge is 1.00 e. The first-order valence-electron chi connectivity index (χ1n) is 18.5. The Morgan fingerprint density at radius 3 is 1.20 bits per heavy atom. The van der Waals surface area contributed by atoms with E-state index in [0.29, 0.717) is 7.25 Å². The molecule has 0 N–H and O–H groups in total. The second-order valence-corrected chi connectivity index (χ2v) is 26.7. The Labute approximate surface area is 314 Å². The third-order valence-corrected chi connectivity index (χ3v) is 25.1. The number of rotatable bonds is 10. The van der Waals surface area contributed by atoms with Gasteiger partial charge in [0, 0.05) is 0 Å². The van der Waals surface area contributed by atoms with Crippen molar-refractivity contribution in [1.82, 2.24) is 0 Å². The number of aryl methyl sites for hydroxylation is 6.